The summed E-state index contributed by atoms with van der Waals surface area (Å²) >= 11 is 11.3. The third kappa shape index (κ3) is 3.42. The van der Waals surface area contributed by atoms with Crippen LogP contribution in [0.1, 0.15) is 10.9 Å². The number of para-hydroxylation sites is 1. The number of nitrogens with one attached hydrogen (secondary N) is 1. The monoisotopic (exact) mass is 396 g/mol. The molecule has 1 heterocycles. The molecule has 0 aromatic heterocycles. The van der Waals surface area contributed by atoms with Crippen molar-refractivity contribution in [2.75, 3.05) is 17.6 Å². The molecule has 1 fully saturated rings. The molecule has 1 aliphatic heterocycles. The average molecular weight is 398 g/mol. The van der Waals surface area contributed by atoms with Crippen molar-refractivity contribution in [3.63, 3.8) is 0 Å². The molecule has 1 aliphatic rings. The molecule has 0 radical (unpaired) electrons. The lowest BCUT2D eigenvalue weighted by Crippen LogP contribution is -2.34. The van der Waals surface area contributed by atoms with E-state index in [1.807, 2.05) is 53.4 Å². The summed E-state index contributed by atoms with van der Waals surface area (Å²) in [6.07, 6.45) is 0. The number of carbonyl (C=O) groups excluding carboxylic acids is 1. The highest BCUT2D eigenvalue weighted by molar-refractivity contribution is 9.10. The van der Waals surface area contributed by atoms with E-state index in [9.17, 15) is 4.79 Å². The number of hydrogen-bond donors (Lipinski definition) is 1. The summed E-state index contributed by atoms with van der Waals surface area (Å²) in [5.74, 6) is 0.917. The van der Waals surface area contributed by atoms with Gasteiger partial charge in [0.2, 0.25) is 0 Å². The van der Waals surface area contributed by atoms with Gasteiger partial charge in [-0.3, -0.25) is 0 Å². The first kappa shape index (κ1) is 15.7. The molecular formula is C16H14BrClN2OS. The van der Waals surface area contributed by atoms with E-state index in [1.54, 1.807) is 11.8 Å². The Kier molecular flexibility index (Phi) is 4.96. The van der Waals surface area contributed by atoms with Crippen molar-refractivity contribution in [2.24, 2.45) is 0 Å². The number of rotatable bonds is 2. The fraction of sp³-hybridized carbons (Fsp3) is 0.188. The predicted molar refractivity (Wildman–Crippen MR) is 96.5 cm³/mol. The zero-order valence-corrected chi connectivity index (χ0v) is 14.8. The van der Waals surface area contributed by atoms with Gasteiger partial charge in [-0.25, -0.2) is 4.79 Å². The number of urea groups is 1. The molecule has 0 spiro atoms. The van der Waals surface area contributed by atoms with E-state index in [0.29, 0.717) is 5.02 Å². The Hall–Kier alpha value is -1.17. The SMILES string of the molecule is O=C(Nc1ccccc1Br)N1CCS[C@@H]1c1cccc(Cl)c1. The minimum atomic E-state index is -0.0955. The highest BCUT2D eigenvalue weighted by atomic mass is 79.9. The van der Waals surface area contributed by atoms with Gasteiger partial charge in [0.05, 0.1) is 5.69 Å². The molecule has 2 aromatic rings. The summed E-state index contributed by atoms with van der Waals surface area (Å²) < 4.78 is 0.870. The fourth-order valence-corrected chi connectivity index (χ4v) is 4.19. The van der Waals surface area contributed by atoms with Gasteiger partial charge in [-0.1, -0.05) is 35.9 Å². The van der Waals surface area contributed by atoms with Crippen molar-refractivity contribution < 1.29 is 4.79 Å². The van der Waals surface area contributed by atoms with Crippen molar-refractivity contribution in [2.45, 2.75) is 5.37 Å². The molecule has 1 atom stereocenters. The quantitative estimate of drug-likeness (QED) is 0.737. The zero-order chi connectivity index (χ0) is 15.5. The van der Waals surface area contributed by atoms with Crippen molar-refractivity contribution in [3.05, 3.63) is 63.6 Å². The Bertz CT molecular complexity index is 697. The van der Waals surface area contributed by atoms with Crippen LogP contribution < -0.4 is 5.32 Å². The van der Waals surface area contributed by atoms with E-state index in [4.69, 9.17) is 11.6 Å². The van der Waals surface area contributed by atoms with Crippen LogP contribution in [0.3, 0.4) is 0 Å². The van der Waals surface area contributed by atoms with Crippen LogP contribution in [0.4, 0.5) is 10.5 Å². The smallest absolute Gasteiger partial charge is 0.308 e. The molecule has 0 unspecified atom stereocenters. The van der Waals surface area contributed by atoms with E-state index >= 15 is 0 Å². The Balaban J connectivity index is 1.78. The number of hydrogen-bond acceptors (Lipinski definition) is 2. The maximum absolute atomic E-state index is 12.6. The van der Waals surface area contributed by atoms with E-state index in [-0.39, 0.29) is 11.4 Å². The molecule has 3 nitrogen and oxygen atoms in total. The Morgan fingerprint density at radius 1 is 1.27 bits per heavy atom. The van der Waals surface area contributed by atoms with Gasteiger partial charge in [0.1, 0.15) is 5.37 Å². The van der Waals surface area contributed by atoms with Crippen molar-refractivity contribution in [1.29, 1.82) is 0 Å². The average Bonchev–Trinajstić information content (AvgIpc) is 2.99. The molecule has 22 heavy (non-hydrogen) atoms. The van der Waals surface area contributed by atoms with Gasteiger partial charge >= 0.3 is 6.03 Å². The maximum atomic E-state index is 12.6. The van der Waals surface area contributed by atoms with Gasteiger partial charge < -0.3 is 10.2 Å². The lowest BCUT2D eigenvalue weighted by molar-refractivity contribution is 0.214. The molecule has 0 bridgehead atoms. The molecule has 2 aromatic carbocycles. The summed E-state index contributed by atoms with van der Waals surface area (Å²) in [5, 5.41) is 3.65. The Morgan fingerprint density at radius 2 is 2.09 bits per heavy atom. The highest BCUT2D eigenvalue weighted by Gasteiger charge is 2.31. The maximum Gasteiger partial charge on any atom is 0.323 e. The van der Waals surface area contributed by atoms with Crippen LogP contribution in [0.5, 0.6) is 0 Å². The number of thioether (sulfide) groups is 1. The summed E-state index contributed by atoms with van der Waals surface area (Å²) in [6.45, 7) is 0.720. The van der Waals surface area contributed by atoms with Crippen molar-refractivity contribution in [3.8, 4) is 0 Å². The van der Waals surface area contributed by atoms with Crippen LogP contribution in [0.15, 0.2) is 53.0 Å². The predicted octanol–water partition coefficient (Wildman–Crippen LogP) is 5.38. The second kappa shape index (κ2) is 6.94. The highest BCUT2D eigenvalue weighted by Crippen LogP contribution is 2.39. The van der Waals surface area contributed by atoms with Crippen LogP contribution in [0.25, 0.3) is 0 Å². The number of carbonyl (C=O) groups is 1. The summed E-state index contributed by atoms with van der Waals surface area (Å²) in [4.78, 5) is 14.4. The van der Waals surface area contributed by atoms with Crippen molar-refractivity contribution in [1.82, 2.24) is 4.90 Å². The minimum Gasteiger partial charge on any atom is -0.308 e. The second-order valence-corrected chi connectivity index (χ2v) is 7.36. The summed E-state index contributed by atoms with van der Waals surface area (Å²) in [5.41, 5.74) is 1.83. The van der Waals surface area contributed by atoms with Gasteiger partial charge in [-0.15, -0.1) is 11.8 Å². The van der Waals surface area contributed by atoms with Gasteiger partial charge in [0.15, 0.2) is 0 Å². The lowest BCUT2D eigenvalue weighted by atomic mass is 10.2. The zero-order valence-electron chi connectivity index (χ0n) is 11.6. The first-order valence-electron chi connectivity index (χ1n) is 6.84. The van der Waals surface area contributed by atoms with E-state index < -0.39 is 0 Å². The first-order valence-corrected chi connectivity index (χ1v) is 9.06. The van der Waals surface area contributed by atoms with Crippen LogP contribution in [-0.2, 0) is 0 Å². The number of benzene rings is 2. The minimum absolute atomic E-state index is 0.00110. The second-order valence-electron chi connectivity index (χ2n) is 4.88. The van der Waals surface area contributed by atoms with Crippen molar-refractivity contribution >= 4 is 51.0 Å². The van der Waals surface area contributed by atoms with Gasteiger partial charge in [0, 0.05) is 21.8 Å². The Labute approximate surface area is 147 Å². The number of nitrogens with zero attached hydrogens (tertiary/aromatic N) is 1. The Morgan fingerprint density at radius 3 is 2.86 bits per heavy atom. The van der Waals surface area contributed by atoms with Gasteiger partial charge in [-0.2, -0.15) is 0 Å². The summed E-state index contributed by atoms with van der Waals surface area (Å²) in [6, 6.07) is 15.2. The third-order valence-electron chi connectivity index (χ3n) is 3.40. The van der Waals surface area contributed by atoms with E-state index in [1.165, 1.54) is 0 Å². The molecule has 114 valence electrons. The normalized spacial score (nSPS) is 17.5. The van der Waals surface area contributed by atoms with Crippen LogP contribution in [0.2, 0.25) is 5.02 Å². The molecule has 6 heteroatoms. The van der Waals surface area contributed by atoms with E-state index in [0.717, 1.165) is 28.0 Å². The first-order chi connectivity index (χ1) is 10.6. The molecule has 0 saturated carbocycles. The number of anilines is 1. The van der Waals surface area contributed by atoms with E-state index in [2.05, 4.69) is 21.2 Å². The summed E-state index contributed by atoms with van der Waals surface area (Å²) in [7, 11) is 0. The molecule has 1 N–H and O–H groups in total. The topological polar surface area (TPSA) is 32.3 Å². The molecule has 0 aliphatic carbocycles. The molecular weight excluding hydrogens is 384 g/mol. The lowest BCUT2D eigenvalue weighted by Gasteiger charge is -2.24. The third-order valence-corrected chi connectivity index (χ3v) is 5.59. The molecule has 1 saturated heterocycles. The molecule has 2 amide bonds. The van der Waals surface area contributed by atoms with Crippen LogP contribution in [-0.4, -0.2) is 23.2 Å². The van der Waals surface area contributed by atoms with Crippen LogP contribution in [0, 0.1) is 0 Å². The van der Waals surface area contributed by atoms with Gasteiger partial charge in [0.25, 0.3) is 0 Å². The number of amides is 2. The van der Waals surface area contributed by atoms with Gasteiger partial charge in [-0.05, 0) is 45.8 Å². The fourth-order valence-electron chi connectivity index (χ4n) is 2.36. The number of halogens is 2. The van der Waals surface area contributed by atoms with Crippen LogP contribution >= 0.6 is 39.3 Å². The molecule has 3 rings (SSSR count). The largest absolute Gasteiger partial charge is 0.323 e. The standard InChI is InChI=1S/C16H14BrClN2OS/c17-13-6-1-2-7-14(13)19-16(21)20-8-9-22-15(20)11-4-3-5-12(18)10-11/h1-7,10,15H,8-9H2,(H,19,21)/t15-/m1/s1.